The molecule has 2 aromatic heterocycles. The number of quaternary nitrogens is 1. The fraction of sp³-hybridized carbons (Fsp3) is 0.316. The average Bonchev–Trinajstić information content (AvgIpc) is 3.54. The predicted octanol–water partition coefficient (Wildman–Crippen LogP) is 4.30. The molecule has 0 saturated carbocycles. The van der Waals surface area contributed by atoms with Crippen molar-refractivity contribution in [2.75, 3.05) is 45.0 Å². The molecule has 2 aliphatic heterocycles. The fourth-order valence-corrected chi connectivity index (χ4v) is 7.28. The third-order valence-electron chi connectivity index (χ3n) is 10.00. The molecule has 7 rings (SSSR count). The number of rotatable bonds is 8. The van der Waals surface area contributed by atoms with Crippen LogP contribution in [0.5, 0.6) is 0 Å². The van der Waals surface area contributed by atoms with Gasteiger partial charge < -0.3 is 26.7 Å². The molecule has 1 amide bonds. The Kier molecular flexibility index (Phi) is 9.85. The first-order valence-corrected chi connectivity index (χ1v) is 17.3. The van der Waals surface area contributed by atoms with E-state index in [1.807, 2.05) is 52.0 Å². The molecule has 2 fully saturated rings. The van der Waals surface area contributed by atoms with Crippen molar-refractivity contribution in [2.45, 2.75) is 37.5 Å². The maximum Gasteiger partial charge on any atom is 0.416 e. The maximum absolute atomic E-state index is 14.1. The van der Waals surface area contributed by atoms with Gasteiger partial charge >= 0.3 is 6.18 Å². The number of halogens is 3. The monoisotopic (exact) mass is 696 g/mol. The molecule has 2 aromatic carbocycles. The van der Waals surface area contributed by atoms with E-state index in [-0.39, 0.29) is 11.8 Å². The Labute approximate surface area is 294 Å². The van der Waals surface area contributed by atoms with E-state index in [9.17, 15) is 18.0 Å². The number of piperidine rings is 1. The summed E-state index contributed by atoms with van der Waals surface area (Å²) < 4.78 is 41.8. The number of aromatic nitrogens is 3. The Morgan fingerprint density at radius 1 is 1.04 bits per heavy atom. The van der Waals surface area contributed by atoms with Gasteiger partial charge in [-0.05, 0) is 54.3 Å². The standard InChI is InChI=1S/C38H40F3N9O/c39-38(40,41)30-10-8-27(9-11-30)34(48-18-14-44-15-19-48)37(51)49-16-12-26(13-17-49)33-21-31(35-36(43)46-24-47-50(33)35)28-6-7-29(32(42)20-28)23-45-22-25-4-2-1-3-5-25/h1-11,20-21,23-24,26,34,42,44-45H,12-19,22H2,(H2,43,46,47)/p+1/b29-23-,42-32?. The highest BCUT2D eigenvalue weighted by Gasteiger charge is 2.36. The highest BCUT2D eigenvalue weighted by molar-refractivity contribution is 6.15. The van der Waals surface area contributed by atoms with Gasteiger partial charge in [0.1, 0.15) is 30.6 Å². The van der Waals surface area contributed by atoms with E-state index in [2.05, 4.69) is 43.8 Å². The number of piperazine rings is 1. The quantitative estimate of drug-likeness (QED) is 0.217. The van der Waals surface area contributed by atoms with Crippen LogP contribution in [0.15, 0.2) is 97.0 Å². The largest absolute Gasteiger partial charge is 0.416 e. The first-order chi connectivity index (χ1) is 24.7. The molecule has 51 heavy (non-hydrogen) atoms. The molecular weight excluding hydrogens is 655 g/mol. The van der Waals surface area contributed by atoms with Crippen LogP contribution in [0.2, 0.25) is 0 Å². The molecule has 1 atom stereocenters. The molecule has 0 bridgehead atoms. The molecule has 0 spiro atoms. The molecule has 6 N–H and O–H groups in total. The van der Waals surface area contributed by atoms with E-state index in [1.165, 1.54) is 24.0 Å². The number of amides is 1. The summed E-state index contributed by atoms with van der Waals surface area (Å²) in [4.78, 5) is 22.3. The highest BCUT2D eigenvalue weighted by atomic mass is 19.4. The molecule has 1 unspecified atom stereocenters. The summed E-state index contributed by atoms with van der Waals surface area (Å²) in [5, 5.41) is 18.7. The zero-order chi connectivity index (χ0) is 35.5. The van der Waals surface area contributed by atoms with Crippen LogP contribution in [-0.4, -0.2) is 75.3 Å². The number of likely N-dealkylation sites (tertiary alicyclic amines) is 1. The normalized spacial score (nSPS) is 19.1. The summed E-state index contributed by atoms with van der Waals surface area (Å²) in [6, 6.07) is 16.6. The number of allylic oxidation sites excluding steroid dienone is 5. The van der Waals surface area contributed by atoms with Crippen LogP contribution in [-0.2, 0) is 17.5 Å². The summed E-state index contributed by atoms with van der Waals surface area (Å²) in [6.07, 6.45) is 6.09. The Bertz CT molecular complexity index is 1990. The minimum absolute atomic E-state index is 0.0731. The molecule has 4 heterocycles. The van der Waals surface area contributed by atoms with Crippen molar-refractivity contribution in [1.82, 2.24) is 29.7 Å². The number of carbonyl (C=O) groups excluding carboxylic acids is 1. The highest BCUT2D eigenvalue weighted by Crippen LogP contribution is 2.37. The number of fused-ring (bicyclic) bond motifs is 1. The van der Waals surface area contributed by atoms with Crippen molar-refractivity contribution in [3.05, 3.63) is 125 Å². The first kappa shape index (κ1) is 34.3. The smallest absolute Gasteiger partial charge is 0.382 e. The lowest BCUT2D eigenvalue weighted by Gasteiger charge is -2.39. The second kappa shape index (κ2) is 14.6. The molecule has 1 aliphatic carbocycles. The van der Waals surface area contributed by atoms with Crippen LogP contribution >= 0.6 is 0 Å². The number of alkyl halides is 3. The predicted molar refractivity (Wildman–Crippen MR) is 190 cm³/mol. The summed E-state index contributed by atoms with van der Waals surface area (Å²) in [7, 11) is 0. The van der Waals surface area contributed by atoms with Crippen molar-refractivity contribution in [2.24, 2.45) is 0 Å². The molecular formula is C38H41F3N9O+. The topological polar surface area (TPSA) is 132 Å². The van der Waals surface area contributed by atoms with Crippen molar-refractivity contribution in [1.29, 1.82) is 5.41 Å². The number of anilines is 1. The SMILES string of the molecule is N=C1C=C(c2cc(C3CCN(C(=O)C(c4ccc(C(F)(F)F)cc4)N4CCNCC4)CC3)n3ncnc(N)c23)C=C/C1=C/[NH2+]Cc1ccccc1. The maximum atomic E-state index is 14.1. The second-order valence-corrected chi connectivity index (χ2v) is 13.2. The lowest BCUT2D eigenvalue weighted by molar-refractivity contribution is -0.605. The van der Waals surface area contributed by atoms with Gasteiger partial charge in [-0.3, -0.25) is 9.69 Å². The third kappa shape index (κ3) is 7.36. The van der Waals surface area contributed by atoms with Gasteiger partial charge in [-0.25, -0.2) is 9.50 Å². The summed E-state index contributed by atoms with van der Waals surface area (Å²) in [6.45, 7) is 4.43. The van der Waals surface area contributed by atoms with Crippen LogP contribution in [0.3, 0.4) is 0 Å². The van der Waals surface area contributed by atoms with Gasteiger partial charge in [0.05, 0.1) is 16.8 Å². The lowest BCUT2D eigenvalue weighted by Crippen LogP contribution is -2.76. The number of nitrogens with two attached hydrogens (primary N) is 2. The van der Waals surface area contributed by atoms with Crippen molar-refractivity contribution in [3.8, 4) is 0 Å². The number of benzene rings is 2. The van der Waals surface area contributed by atoms with E-state index in [0.29, 0.717) is 74.7 Å². The molecule has 4 aromatic rings. The number of nitrogens with zero attached hydrogens (tertiary/aromatic N) is 5. The van der Waals surface area contributed by atoms with Gasteiger partial charge in [0.2, 0.25) is 5.91 Å². The van der Waals surface area contributed by atoms with E-state index in [1.54, 1.807) is 0 Å². The van der Waals surface area contributed by atoms with Crippen LogP contribution < -0.4 is 16.4 Å². The van der Waals surface area contributed by atoms with Crippen LogP contribution in [0, 0.1) is 5.41 Å². The number of hydrogen-bond acceptors (Lipinski definition) is 7. The van der Waals surface area contributed by atoms with Crippen LogP contribution in [0.25, 0.3) is 11.1 Å². The molecule has 13 heteroatoms. The van der Waals surface area contributed by atoms with Gasteiger partial charge in [0, 0.05) is 62.0 Å². The Morgan fingerprint density at radius 2 is 1.76 bits per heavy atom. The van der Waals surface area contributed by atoms with E-state index < -0.39 is 17.8 Å². The number of nitrogens with one attached hydrogen (secondary N) is 2. The molecule has 2 saturated heterocycles. The van der Waals surface area contributed by atoms with Gasteiger partial charge in [-0.2, -0.15) is 18.3 Å². The number of carbonyl (C=O) groups is 1. The Morgan fingerprint density at radius 3 is 2.45 bits per heavy atom. The summed E-state index contributed by atoms with van der Waals surface area (Å²) in [5.41, 5.74) is 12.0. The molecule has 0 radical (unpaired) electrons. The van der Waals surface area contributed by atoms with Gasteiger partial charge in [-0.15, -0.1) is 0 Å². The van der Waals surface area contributed by atoms with Crippen molar-refractivity contribution < 1.29 is 23.3 Å². The van der Waals surface area contributed by atoms with E-state index >= 15 is 0 Å². The van der Waals surface area contributed by atoms with Crippen molar-refractivity contribution >= 4 is 28.5 Å². The minimum atomic E-state index is -4.44. The summed E-state index contributed by atoms with van der Waals surface area (Å²) >= 11 is 0. The zero-order valence-electron chi connectivity index (χ0n) is 28.1. The van der Waals surface area contributed by atoms with Crippen molar-refractivity contribution in [3.63, 3.8) is 0 Å². The molecule has 264 valence electrons. The number of nitrogen functional groups attached to an aromatic ring is 1. The third-order valence-corrected chi connectivity index (χ3v) is 10.00. The first-order valence-electron chi connectivity index (χ1n) is 17.3. The second-order valence-electron chi connectivity index (χ2n) is 13.2. The minimum Gasteiger partial charge on any atom is -0.382 e. The van der Waals surface area contributed by atoms with E-state index in [0.717, 1.165) is 41.1 Å². The zero-order valence-corrected chi connectivity index (χ0v) is 28.1. The average molecular weight is 697 g/mol. The van der Waals surface area contributed by atoms with E-state index in [4.69, 9.17) is 11.1 Å². The Balaban J connectivity index is 1.08. The van der Waals surface area contributed by atoms with Crippen LogP contribution in [0.4, 0.5) is 19.0 Å². The van der Waals surface area contributed by atoms with Gasteiger partial charge in [0.15, 0.2) is 5.82 Å². The summed E-state index contributed by atoms with van der Waals surface area (Å²) in [5.74, 6) is 0.319. The lowest BCUT2D eigenvalue weighted by atomic mass is 9.91. The van der Waals surface area contributed by atoms with Gasteiger partial charge in [0.25, 0.3) is 0 Å². The van der Waals surface area contributed by atoms with Gasteiger partial charge in [-0.1, -0.05) is 48.5 Å². The van der Waals surface area contributed by atoms with Crippen LogP contribution in [0.1, 0.15) is 52.7 Å². The Hall–Kier alpha value is -5.11. The number of hydrogen-bond donors (Lipinski definition) is 4. The molecule has 10 nitrogen and oxygen atoms in total. The fourth-order valence-electron chi connectivity index (χ4n) is 7.28. The molecule has 3 aliphatic rings.